The molecule has 0 atom stereocenters. The third kappa shape index (κ3) is 2.28. The summed E-state index contributed by atoms with van der Waals surface area (Å²) in [5, 5.41) is 9.20. The van der Waals surface area contributed by atoms with Crippen molar-refractivity contribution in [1.82, 2.24) is 9.97 Å². The van der Waals surface area contributed by atoms with Crippen LogP contribution in [0.3, 0.4) is 0 Å². The Morgan fingerprint density at radius 1 is 1.24 bits per heavy atom. The van der Waals surface area contributed by atoms with Crippen LogP contribution in [0.5, 0.6) is 0 Å². The number of aromatic nitrogens is 2. The van der Waals surface area contributed by atoms with E-state index in [9.17, 15) is 23.1 Å². The number of hydrogen-bond donors (Lipinski definition) is 2. The lowest BCUT2D eigenvalue weighted by atomic mass is 9.95. The number of benzene rings is 1. The second-order valence-electron chi connectivity index (χ2n) is 5.11. The average molecular weight is 296 g/mol. The van der Waals surface area contributed by atoms with Crippen molar-refractivity contribution in [2.45, 2.75) is 24.4 Å². The molecular weight excluding hydrogens is 285 g/mol. The van der Waals surface area contributed by atoms with E-state index in [1.54, 1.807) is 24.3 Å². The van der Waals surface area contributed by atoms with Crippen molar-refractivity contribution in [2.24, 2.45) is 0 Å². The van der Waals surface area contributed by atoms with Crippen LogP contribution in [0.1, 0.15) is 24.2 Å². The lowest BCUT2D eigenvalue weighted by Crippen LogP contribution is -2.19. The van der Waals surface area contributed by atoms with Gasteiger partial charge in [0.05, 0.1) is 17.3 Å². The number of carboxylic acids is 1. The normalized spacial score (nSPS) is 16.7. The topological polar surface area (TPSA) is 66.0 Å². The molecule has 0 bridgehead atoms. The summed E-state index contributed by atoms with van der Waals surface area (Å²) >= 11 is 0. The molecule has 1 fully saturated rings. The minimum atomic E-state index is -4.51. The molecule has 1 saturated carbocycles. The van der Waals surface area contributed by atoms with E-state index in [4.69, 9.17) is 0 Å². The highest BCUT2D eigenvalue weighted by atomic mass is 19.4. The average Bonchev–Trinajstić information content (AvgIpc) is 3.08. The molecule has 0 spiro atoms. The Kier molecular flexibility index (Phi) is 2.82. The van der Waals surface area contributed by atoms with E-state index >= 15 is 0 Å². The fourth-order valence-electron chi connectivity index (χ4n) is 2.33. The maximum Gasteiger partial charge on any atom is 0.449 e. The van der Waals surface area contributed by atoms with Gasteiger partial charge in [-0.2, -0.15) is 13.2 Å². The highest BCUT2D eigenvalue weighted by Gasteiger charge is 2.51. The van der Waals surface area contributed by atoms with Gasteiger partial charge in [-0.15, -0.1) is 0 Å². The molecule has 21 heavy (non-hydrogen) atoms. The number of rotatable bonds is 3. The van der Waals surface area contributed by atoms with E-state index in [0.29, 0.717) is 24.0 Å². The molecule has 0 aliphatic heterocycles. The van der Waals surface area contributed by atoms with E-state index in [2.05, 4.69) is 9.97 Å². The van der Waals surface area contributed by atoms with Crippen molar-refractivity contribution in [1.29, 1.82) is 0 Å². The number of nitrogens with one attached hydrogen (secondary N) is 1. The summed E-state index contributed by atoms with van der Waals surface area (Å²) in [6.45, 7) is 0. The number of aromatic amines is 1. The van der Waals surface area contributed by atoms with Gasteiger partial charge in [0.25, 0.3) is 0 Å². The van der Waals surface area contributed by atoms with Crippen LogP contribution in [0.4, 0.5) is 13.2 Å². The summed E-state index contributed by atoms with van der Waals surface area (Å²) < 4.78 is 37.4. The lowest BCUT2D eigenvalue weighted by Gasteiger charge is -2.10. The van der Waals surface area contributed by atoms with Crippen molar-refractivity contribution >= 4 is 5.97 Å². The minimum Gasteiger partial charge on any atom is -0.481 e. The Hall–Kier alpha value is -2.31. The first kappa shape index (κ1) is 13.7. The third-order valence-corrected chi connectivity index (χ3v) is 3.75. The molecule has 0 amide bonds. The molecule has 1 aromatic carbocycles. The van der Waals surface area contributed by atoms with Crippen LogP contribution in [0.25, 0.3) is 11.3 Å². The fraction of sp³-hybridized carbons (Fsp3) is 0.286. The molecule has 1 aliphatic rings. The van der Waals surface area contributed by atoms with Gasteiger partial charge in [0.1, 0.15) is 0 Å². The number of hydrogen-bond acceptors (Lipinski definition) is 2. The van der Waals surface area contributed by atoms with Crippen molar-refractivity contribution in [2.75, 3.05) is 0 Å². The van der Waals surface area contributed by atoms with Crippen LogP contribution in [-0.2, 0) is 16.4 Å². The molecular formula is C14H11F3N2O2. The number of carboxylic acid groups (broad SMARTS) is 1. The quantitative estimate of drug-likeness (QED) is 0.914. The predicted octanol–water partition coefficient (Wildman–Crippen LogP) is 3.21. The number of nitrogens with zero attached hydrogens (tertiary/aromatic N) is 1. The van der Waals surface area contributed by atoms with Crippen molar-refractivity contribution in [3.8, 4) is 11.3 Å². The molecule has 0 saturated heterocycles. The molecule has 1 heterocycles. The van der Waals surface area contributed by atoms with Crippen LogP contribution >= 0.6 is 0 Å². The maximum atomic E-state index is 12.5. The highest BCUT2D eigenvalue weighted by molar-refractivity contribution is 5.85. The van der Waals surface area contributed by atoms with Crippen molar-refractivity contribution < 1.29 is 23.1 Å². The first-order valence-corrected chi connectivity index (χ1v) is 6.29. The Bertz CT molecular complexity index is 685. The summed E-state index contributed by atoms with van der Waals surface area (Å²) in [4.78, 5) is 16.7. The third-order valence-electron chi connectivity index (χ3n) is 3.75. The second kappa shape index (κ2) is 4.34. The standard InChI is InChI=1S/C14H11F3N2O2/c15-14(16,17)11-18-7-10(19-11)8-1-3-9(4-2-8)13(5-6-13)12(20)21/h1-4,7H,5-6H2,(H,18,19)(H,20,21). The molecule has 2 N–H and O–H groups in total. The molecule has 4 nitrogen and oxygen atoms in total. The number of H-pyrrole nitrogens is 1. The molecule has 0 radical (unpaired) electrons. The van der Waals surface area contributed by atoms with Crippen LogP contribution in [0.2, 0.25) is 0 Å². The molecule has 7 heteroatoms. The molecule has 2 aromatic rings. The van der Waals surface area contributed by atoms with Gasteiger partial charge in [0, 0.05) is 0 Å². The minimum absolute atomic E-state index is 0.244. The van der Waals surface area contributed by atoms with E-state index in [0.717, 1.165) is 6.20 Å². The van der Waals surface area contributed by atoms with Gasteiger partial charge in [-0.1, -0.05) is 24.3 Å². The van der Waals surface area contributed by atoms with E-state index in [1.807, 2.05) is 0 Å². The Morgan fingerprint density at radius 2 is 1.86 bits per heavy atom. The first-order chi connectivity index (χ1) is 9.83. The van der Waals surface area contributed by atoms with E-state index in [-0.39, 0.29) is 5.69 Å². The summed E-state index contributed by atoms with van der Waals surface area (Å²) in [7, 11) is 0. The van der Waals surface area contributed by atoms with Crippen LogP contribution in [0, 0.1) is 0 Å². The molecule has 1 aliphatic carbocycles. The summed E-state index contributed by atoms with van der Waals surface area (Å²) in [6.07, 6.45) is -2.23. The van der Waals surface area contributed by atoms with Gasteiger partial charge >= 0.3 is 12.1 Å². The van der Waals surface area contributed by atoms with Crippen LogP contribution < -0.4 is 0 Å². The van der Waals surface area contributed by atoms with Gasteiger partial charge in [0.15, 0.2) is 0 Å². The SMILES string of the molecule is O=C(O)C1(c2ccc(-c3cnc(C(F)(F)F)[nH]3)cc2)CC1. The zero-order valence-corrected chi connectivity index (χ0v) is 10.7. The summed E-state index contributed by atoms with van der Waals surface area (Å²) in [5.74, 6) is -1.91. The lowest BCUT2D eigenvalue weighted by molar-refractivity contribution is -0.144. The van der Waals surface area contributed by atoms with Gasteiger partial charge in [-0.25, -0.2) is 4.98 Å². The smallest absolute Gasteiger partial charge is 0.449 e. The molecule has 0 unspecified atom stereocenters. The number of halogens is 3. The van der Waals surface area contributed by atoms with Crippen molar-refractivity contribution in [3.63, 3.8) is 0 Å². The summed E-state index contributed by atoms with van der Waals surface area (Å²) in [5.41, 5.74) is 0.634. The fourth-order valence-corrected chi connectivity index (χ4v) is 2.33. The van der Waals surface area contributed by atoms with Crippen molar-refractivity contribution in [3.05, 3.63) is 41.9 Å². The molecule has 3 rings (SSSR count). The van der Waals surface area contributed by atoms with Crippen LogP contribution in [0.15, 0.2) is 30.5 Å². The Balaban J connectivity index is 1.88. The van der Waals surface area contributed by atoms with E-state index in [1.165, 1.54) is 0 Å². The zero-order chi connectivity index (χ0) is 15.3. The number of imidazole rings is 1. The monoisotopic (exact) mass is 296 g/mol. The highest BCUT2D eigenvalue weighted by Crippen LogP contribution is 2.48. The van der Waals surface area contributed by atoms with Gasteiger partial charge < -0.3 is 10.1 Å². The second-order valence-corrected chi connectivity index (χ2v) is 5.11. The Morgan fingerprint density at radius 3 is 2.29 bits per heavy atom. The van der Waals surface area contributed by atoms with E-state index < -0.39 is 23.4 Å². The molecule has 110 valence electrons. The maximum absolute atomic E-state index is 12.5. The predicted molar refractivity (Wildman–Crippen MR) is 67.6 cm³/mol. The van der Waals surface area contributed by atoms with Gasteiger partial charge in [-0.3, -0.25) is 4.79 Å². The number of alkyl halides is 3. The first-order valence-electron chi connectivity index (χ1n) is 6.29. The number of aliphatic carboxylic acids is 1. The van der Waals surface area contributed by atoms with Gasteiger partial charge in [-0.05, 0) is 24.0 Å². The molecule has 1 aromatic heterocycles. The van der Waals surface area contributed by atoms with Gasteiger partial charge in [0.2, 0.25) is 5.82 Å². The Labute approximate surface area is 117 Å². The number of carbonyl (C=O) groups is 1. The summed E-state index contributed by atoms with van der Waals surface area (Å²) in [6, 6.07) is 6.49. The van der Waals surface area contributed by atoms with Crippen LogP contribution in [-0.4, -0.2) is 21.0 Å². The zero-order valence-electron chi connectivity index (χ0n) is 10.7. The largest absolute Gasteiger partial charge is 0.481 e.